The van der Waals surface area contributed by atoms with Crippen molar-refractivity contribution < 1.29 is 19.4 Å². The van der Waals surface area contributed by atoms with Crippen LogP contribution >= 0.6 is 15.9 Å². The molecule has 2 rings (SSSR count). The van der Waals surface area contributed by atoms with E-state index in [4.69, 9.17) is 4.74 Å². The molecule has 0 spiro atoms. The van der Waals surface area contributed by atoms with Gasteiger partial charge in [-0.15, -0.1) is 0 Å². The van der Waals surface area contributed by atoms with E-state index < -0.39 is 11.4 Å². The first-order chi connectivity index (χ1) is 9.49. The van der Waals surface area contributed by atoms with E-state index >= 15 is 0 Å². The van der Waals surface area contributed by atoms with Crippen LogP contribution in [0.5, 0.6) is 5.75 Å². The number of ketones is 1. The SMILES string of the molecule is COc1ccc(Br)cc1CC1(C(=O)O)CCCCC1=O. The second-order valence-corrected chi connectivity index (χ2v) is 6.07. The third-order valence-electron chi connectivity index (χ3n) is 3.94. The van der Waals surface area contributed by atoms with Crippen LogP contribution in [-0.2, 0) is 16.0 Å². The molecule has 0 radical (unpaired) electrons. The number of carbonyl (C=O) groups excluding carboxylic acids is 1. The molecule has 108 valence electrons. The molecule has 1 saturated carbocycles. The van der Waals surface area contributed by atoms with Crippen molar-refractivity contribution in [3.8, 4) is 5.75 Å². The molecule has 0 aromatic heterocycles. The standard InChI is InChI=1S/C15H17BrO4/c1-20-12-6-5-11(16)8-10(12)9-15(14(18)19)7-3-2-4-13(15)17/h5-6,8H,2-4,7,9H2,1H3,(H,18,19). The Hall–Kier alpha value is -1.36. The number of carboxylic acid groups (broad SMARTS) is 1. The van der Waals surface area contributed by atoms with E-state index in [2.05, 4.69) is 15.9 Å². The quantitative estimate of drug-likeness (QED) is 0.854. The maximum absolute atomic E-state index is 12.2. The lowest BCUT2D eigenvalue weighted by Crippen LogP contribution is -2.43. The summed E-state index contributed by atoms with van der Waals surface area (Å²) in [6, 6.07) is 5.44. The van der Waals surface area contributed by atoms with Crippen LogP contribution in [0.4, 0.5) is 0 Å². The molecule has 1 aromatic carbocycles. The average Bonchev–Trinajstić information content (AvgIpc) is 2.41. The first-order valence-electron chi connectivity index (χ1n) is 6.59. The van der Waals surface area contributed by atoms with Crippen molar-refractivity contribution in [1.82, 2.24) is 0 Å². The maximum Gasteiger partial charge on any atom is 0.317 e. The number of hydrogen-bond acceptors (Lipinski definition) is 3. The van der Waals surface area contributed by atoms with Crippen molar-refractivity contribution in [1.29, 1.82) is 0 Å². The van der Waals surface area contributed by atoms with Gasteiger partial charge in [-0.25, -0.2) is 0 Å². The van der Waals surface area contributed by atoms with Crippen LogP contribution in [0.1, 0.15) is 31.2 Å². The summed E-state index contributed by atoms with van der Waals surface area (Å²) in [7, 11) is 1.54. The number of rotatable bonds is 4. The van der Waals surface area contributed by atoms with E-state index in [-0.39, 0.29) is 12.2 Å². The second-order valence-electron chi connectivity index (χ2n) is 5.15. The number of aliphatic carboxylic acids is 1. The summed E-state index contributed by atoms with van der Waals surface area (Å²) in [6.45, 7) is 0. The van der Waals surface area contributed by atoms with Gasteiger partial charge in [-0.05, 0) is 43.0 Å². The van der Waals surface area contributed by atoms with Gasteiger partial charge in [-0.2, -0.15) is 0 Å². The molecular weight excluding hydrogens is 324 g/mol. The monoisotopic (exact) mass is 340 g/mol. The van der Waals surface area contributed by atoms with Crippen LogP contribution < -0.4 is 4.74 Å². The second kappa shape index (κ2) is 5.95. The Labute approximate surface area is 126 Å². The molecule has 0 saturated heterocycles. The third kappa shape index (κ3) is 2.73. The van der Waals surface area contributed by atoms with Crippen LogP contribution in [0.15, 0.2) is 22.7 Å². The Morgan fingerprint density at radius 1 is 1.45 bits per heavy atom. The highest BCUT2D eigenvalue weighted by atomic mass is 79.9. The molecule has 4 nitrogen and oxygen atoms in total. The Kier molecular flexibility index (Phi) is 4.48. The summed E-state index contributed by atoms with van der Waals surface area (Å²) in [5.74, 6) is -0.574. The van der Waals surface area contributed by atoms with Crippen molar-refractivity contribution >= 4 is 27.7 Å². The number of benzene rings is 1. The number of ether oxygens (including phenoxy) is 1. The topological polar surface area (TPSA) is 63.6 Å². The zero-order chi connectivity index (χ0) is 14.8. The summed E-state index contributed by atoms with van der Waals surface area (Å²) >= 11 is 3.37. The molecule has 0 amide bonds. The van der Waals surface area contributed by atoms with Crippen molar-refractivity contribution in [2.45, 2.75) is 32.1 Å². The lowest BCUT2D eigenvalue weighted by Gasteiger charge is -2.32. The molecule has 1 unspecified atom stereocenters. The van der Waals surface area contributed by atoms with Gasteiger partial charge >= 0.3 is 5.97 Å². The number of hydrogen-bond donors (Lipinski definition) is 1. The number of halogens is 1. The van der Waals surface area contributed by atoms with Crippen molar-refractivity contribution in [3.63, 3.8) is 0 Å². The highest BCUT2D eigenvalue weighted by Crippen LogP contribution is 2.39. The molecule has 5 heteroatoms. The first kappa shape index (κ1) is 15.0. The average molecular weight is 341 g/mol. The van der Waals surface area contributed by atoms with Crippen LogP contribution in [0.2, 0.25) is 0 Å². The van der Waals surface area contributed by atoms with Gasteiger partial charge in [0.2, 0.25) is 0 Å². The summed E-state index contributed by atoms with van der Waals surface area (Å²) < 4.78 is 6.12. The van der Waals surface area contributed by atoms with Gasteiger partial charge in [0.1, 0.15) is 11.2 Å². The molecule has 1 aromatic rings. The molecule has 1 fully saturated rings. The number of carboxylic acids is 1. The lowest BCUT2D eigenvalue weighted by molar-refractivity contribution is -0.157. The minimum atomic E-state index is -1.30. The first-order valence-corrected chi connectivity index (χ1v) is 7.38. The van der Waals surface area contributed by atoms with Gasteiger partial charge in [0.15, 0.2) is 5.78 Å². The van der Waals surface area contributed by atoms with E-state index in [1.54, 1.807) is 13.2 Å². The van der Waals surface area contributed by atoms with Gasteiger partial charge in [0, 0.05) is 10.9 Å². The molecule has 1 aliphatic rings. The summed E-state index contributed by atoms with van der Waals surface area (Å²) in [6.07, 6.45) is 2.49. The fourth-order valence-corrected chi connectivity index (χ4v) is 3.20. The number of Topliss-reactive ketones (excluding diaryl/α,β-unsaturated/α-hetero) is 1. The minimum absolute atomic E-state index is 0.168. The van der Waals surface area contributed by atoms with Crippen molar-refractivity contribution in [3.05, 3.63) is 28.2 Å². The van der Waals surface area contributed by atoms with Gasteiger partial charge in [0.05, 0.1) is 7.11 Å². The number of carbonyl (C=O) groups is 2. The molecule has 0 heterocycles. The van der Waals surface area contributed by atoms with Gasteiger partial charge in [-0.1, -0.05) is 22.4 Å². The van der Waals surface area contributed by atoms with E-state index in [0.717, 1.165) is 22.9 Å². The minimum Gasteiger partial charge on any atom is -0.496 e. The van der Waals surface area contributed by atoms with Crippen LogP contribution in [-0.4, -0.2) is 24.0 Å². The van der Waals surface area contributed by atoms with Crippen LogP contribution in [0.3, 0.4) is 0 Å². The summed E-state index contributed by atoms with van der Waals surface area (Å²) in [4.78, 5) is 23.9. The fraction of sp³-hybridized carbons (Fsp3) is 0.467. The van der Waals surface area contributed by atoms with Crippen LogP contribution in [0.25, 0.3) is 0 Å². The van der Waals surface area contributed by atoms with Crippen molar-refractivity contribution in [2.75, 3.05) is 7.11 Å². The Morgan fingerprint density at radius 3 is 2.80 bits per heavy atom. The predicted molar refractivity (Wildman–Crippen MR) is 77.9 cm³/mol. The summed E-state index contributed by atoms with van der Waals surface area (Å²) in [5, 5.41) is 9.58. The summed E-state index contributed by atoms with van der Waals surface area (Å²) in [5.41, 5.74) is -0.550. The lowest BCUT2D eigenvalue weighted by atomic mass is 9.69. The Bertz CT molecular complexity index is 541. The van der Waals surface area contributed by atoms with Crippen LogP contribution in [0, 0.1) is 5.41 Å². The highest BCUT2D eigenvalue weighted by Gasteiger charge is 2.47. The predicted octanol–water partition coefficient (Wildman–Crippen LogP) is 3.21. The molecule has 1 atom stereocenters. The van der Waals surface area contributed by atoms with E-state index in [1.165, 1.54) is 0 Å². The van der Waals surface area contributed by atoms with Crippen molar-refractivity contribution in [2.24, 2.45) is 5.41 Å². The maximum atomic E-state index is 12.2. The van der Waals surface area contributed by atoms with Gasteiger partial charge < -0.3 is 9.84 Å². The number of methoxy groups -OCH3 is 1. The zero-order valence-corrected chi connectivity index (χ0v) is 12.9. The fourth-order valence-electron chi connectivity index (χ4n) is 2.79. The molecule has 1 N–H and O–H groups in total. The third-order valence-corrected chi connectivity index (χ3v) is 4.43. The van der Waals surface area contributed by atoms with E-state index in [1.807, 2.05) is 12.1 Å². The molecular formula is C15H17BrO4. The normalized spacial score (nSPS) is 22.6. The largest absolute Gasteiger partial charge is 0.496 e. The Morgan fingerprint density at radius 2 is 2.20 bits per heavy atom. The molecule has 1 aliphatic carbocycles. The van der Waals surface area contributed by atoms with Gasteiger partial charge in [0.25, 0.3) is 0 Å². The molecule has 0 bridgehead atoms. The smallest absolute Gasteiger partial charge is 0.317 e. The Balaban J connectivity index is 2.40. The molecule has 0 aliphatic heterocycles. The zero-order valence-electron chi connectivity index (χ0n) is 11.3. The molecule has 20 heavy (non-hydrogen) atoms. The van der Waals surface area contributed by atoms with E-state index in [0.29, 0.717) is 18.6 Å². The highest BCUT2D eigenvalue weighted by molar-refractivity contribution is 9.10. The van der Waals surface area contributed by atoms with E-state index in [9.17, 15) is 14.7 Å². The van der Waals surface area contributed by atoms with Gasteiger partial charge in [-0.3, -0.25) is 9.59 Å².